The minimum atomic E-state index is -0.447. The van der Waals surface area contributed by atoms with E-state index in [4.69, 9.17) is 10.3 Å². The van der Waals surface area contributed by atoms with E-state index in [0.29, 0.717) is 12.3 Å². The van der Waals surface area contributed by atoms with Crippen LogP contribution in [0.1, 0.15) is 13.3 Å². The summed E-state index contributed by atoms with van der Waals surface area (Å²) < 4.78 is 8.32. The second kappa shape index (κ2) is 6.45. The van der Waals surface area contributed by atoms with Crippen molar-refractivity contribution in [2.75, 3.05) is 12.3 Å². The van der Waals surface area contributed by atoms with Gasteiger partial charge < -0.3 is 15.6 Å². The molecule has 1 amide bonds. The first kappa shape index (κ1) is 10.7. The quantitative estimate of drug-likeness (QED) is 0.410. The summed E-state index contributed by atoms with van der Waals surface area (Å²) in [5, 5.41) is 2.63. The van der Waals surface area contributed by atoms with Gasteiger partial charge in [-0.1, -0.05) is 0 Å². The Kier molecular flexibility index (Phi) is 6.30. The summed E-state index contributed by atoms with van der Waals surface area (Å²) in [7, 11) is 0. The lowest BCUT2D eigenvalue weighted by molar-refractivity contribution is -0.121. The third-order valence-corrected chi connectivity index (χ3v) is 1.60. The van der Waals surface area contributed by atoms with Crippen LogP contribution >= 0.6 is 12.0 Å². The fourth-order valence-electron chi connectivity index (χ4n) is 0.509. The van der Waals surface area contributed by atoms with Gasteiger partial charge in [-0.2, -0.15) is 0 Å². The molecule has 0 aliphatic heterocycles. The standard InChI is InChI=1S/C6H14N2O2S/c1-5(7)6(9)8-3-2-4-11-10/h5,10H,2-4,7H2,1H3,(H,8,9)/t5-/m1/s1. The molecule has 0 saturated carbocycles. The first-order valence-electron chi connectivity index (χ1n) is 3.48. The third kappa shape index (κ3) is 6.15. The van der Waals surface area contributed by atoms with Crippen molar-refractivity contribution in [2.45, 2.75) is 19.4 Å². The molecule has 0 aliphatic rings. The van der Waals surface area contributed by atoms with Crippen LogP contribution in [0, 0.1) is 0 Å². The van der Waals surface area contributed by atoms with Gasteiger partial charge >= 0.3 is 0 Å². The van der Waals surface area contributed by atoms with Crippen molar-refractivity contribution in [3.8, 4) is 0 Å². The van der Waals surface area contributed by atoms with E-state index in [1.165, 1.54) is 0 Å². The number of rotatable bonds is 5. The molecule has 0 aromatic carbocycles. The smallest absolute Gasteiger partial charge is 0.236 e. The number of carbonyl (C=O) groups is 1. The molecule has 0 unspecified atom stereocenters. The summed E-state index contributed by atoms with van der Waals surface area (Å²) in [6.45, 7) is 2.21. The van der Waals surface area contributed by atoms with E-state index >= 15 is 0 Å². The summed E-state index contributed by atoms with van der Waals surface area (Å²) in [6, 6.07) is -0.447. The van der Waals surface area contributed by atoms with Gasteiger partial charge in [0.15, 0.2) is 0 Å². The van der Waals surface area contributed by atoms with Crippen molar-refractivity contribution in [3.05, 3.63) is 0 Å². The van der Waals surface area contributed by atoms with Crippen LogP contribution in [0.4, 0.5) is 0 Å². The second-order valence-corrected chi connectivity index (χ2v) is 2.93. The average molecular weight is 178 g/mol. The SMILES string of the molecule is C[C@@H](N)C(=O)NCCCSO. The molecule has 0 aromatic heterocycles. The topological polar surface area (TPSA) is 75.4 Å². The number of amides is 1. The molecule has 66 valence electrons. The lowest BCUT2D eigenvalue weighted by Crippen LogP contribution is -2.38. The second-order valence-electron chi connectivity index (χ2n) is 2.27. The van der Waals surface area contributed by atoms with Crippen molar-refractivity contribution in [1.82, 2.24) is 5.32 Å². The van der Waals surface area contributed by atoms with Crippen LogP contribution in [0.25, 0.3) is 0 Å². The molecule has 1 atom stereocenters. The zero-order valence-corrected chi connectivity index (χ0v) is 7.36. The largest absolute Gasteiger partial charge is 0.355 e. The maximum absolute atomic E-state index is 10.8. The predicted molar refractivity (Wildman–Crippen MR) is 46.4 cm³/mol. The fourth-order valence-corrected chi connectivity index (χ4v) is 0.783. The lowest BCUT2D eigenvalue weighted by atomic mass is 10.3. The molecule has 5 heteroatoms. The Balaban J connectivity index is 3.18. The zero-order valence-electron chi connectivity index (χ0n) is 6.54. The van der Waals surface area contributed by atoms with E-state index in [-0.39, 0.29) is 5.91 Å². The van der Waals surface area contributed by atoms with Crippen LogP contribution in [0.5, 0.6) is 0 Å². The highest BCUT2D eigenvalue weighted by atomic mass is 32.2. The van der Waals surface area contributed by atoms with Crippen molar-refractivity contribution < 1.29 is 9.35 Å². The normalized spacial score (nSPS) is 12.6. The number of nitrogens with two attached hydrogens (primary N) is 1. The predicted octanol–water partition coefficient (Wildman–Crippen LogP) is 0.0461. The van der Waals surface area contributed by atoms with E-state index in [2.05, 4.69) is 5.32 Å². The Morgan fingerprint density at radius 2 is 2.45 bits per heavy atom. The van der Waals surface area contributed by atoms with Gasteiger partial charge in [0.05, 0.1) is 6.04 Å². The summed E-state index contributed by atoms with van der Waals surface area (Å²) >= 11 is 0.779. The maximum atomic E-state index is 10.8. The van der Waals surface area contributed by atoms with Crippen molar-refractivity contribution >= 4 is 17.9 Å². The van der Waals surface area contributed by atoms with Gasteiger partial charge in [0.1, 0.15) is 0 Å². The maximum Gasteiger partial charge on any atom is 0.236 e. The molecule has 4 N–H and O–H groups in total. The van der Waals surface area contributed by atoms with E-state index < -0.39 is 6.04 Å². The van der Waals surface area contributed by atoms with Crippen LogP contribution in [0.3, 0.4) is 0 Å². The summed E-state index contributed by atoms with van der Waals surface area (Å²) in [6.07, 6.45) is 0.764. The lowest BCUT2D eigenvalue weighted by Gasteiger charge is -2.05. The first-order valence-corrected chi connectivity index (χ1v) is 4.42. The average Bonchev–Trinajstić information content (AvgIpc) is 1.97. The monoisotopic (exact) mass is 178 g/mol. The van der Waals surface area contributed by atoms with E-state index in [9.17, 15) is 4.79 Å². The zero-order chi connectivity index (χ0) is 8.69. The summed E-state index contributed by atoms with van der Waals surface area (Å²) in [5.74, 6) is 0.493. The number of carbonyl (C=O) groups excluding carboxylic acids is 1. The minimum absolute atomic E-state index is 0.145. The van der Waals surface area contributed by atoms with E-state index in [1.54, 1.807) is 6.92 Å². The van der Waals surface area contributed by atoms with E-state index in [0.717, 1.165) is 18.5 Å². The molecule has 0 saturated heterocycles. The minimum Gasteiger partial charge on any atom is -0.355 e. The molecular formula is C6H14N2O2S. The van der Waals surface area contributed by atoms with Crippen LogP contribution in [0.2, 0.25) is 0 Å². The Bertz CT molecular complexity index is 119. The molecule has 0 bridgehead atoms. The Hall–Kier alpha value is -0.260. The summed E-state index contributed by atoms with van der Waals surface area (Å²) in [4.78, 5) is 10.8. The van der Waals surface area contributed by atoms with E-state index in [1.807, 2.05) is 0 Å². The van der Waals surface area contributed by atoms with Crippen molar-refractivity contribution in [3.63, 3.8) is 0 Å². The molecule has 0 fully saturated rings. The van der Waals surface area contributed by atoms with Crippen molar-refractivity contribution in [2.24, 2.45) is 5.73 Å². The number of nitrogens with one attached hydrogen (secondary N) is 1. The van der Waals surface area contributed by atoms with Crippen LogP contribution in [0.15, 0.2) is 0 Å². The van der Waals surface area contributed by atoms with Gasteiger partial charge in [0.2, 0.25) is 5.91 Å². The first-order chi connectivity index (χ1) is 5.18. The molecule has 0 spiro atoms. The highest BCUT2D eigenvalue weighted by Gasteiger charge is 2.04. The highest BCUT2D eigenvalue weighted by molar-refractivity contribution is 7.93. The van der Waals surface area contributed by atoms with Gasteiger partial charge in [-0.15, -0.1) is 0 Å². The van der Waals surface area contributed by atoms with Gasteiger partial charge in [-0.25, -0.2) is 0 Å². The molecule has 0 heterocycles. The van der Waals surface area contributed by atoms with Gasteiger partial charge in [0, 0.05) is 12.3 Å². The molecule has 0 radical (unpaired) electrons. The van der Waals surface area contributed by atoms with Crippen LogP contribution < -0.4 is 11.1 Å². The molecule has 0 rings (SSSR count). The number of hydrogen-bond donors (Lipinski definition) is 3. The molecular weight excluding hydrogens is 164 g/mol. The molecule has 0 aromatic rings. The van der Waals surface area contributed by atoms with Gasteiger partial charge in [-0.05, 0) is 25.4 Å². The van der Waals surface area contributed by atoms with Crippen LogP contribution in [-0.4, -0.2) is 28.8 Å². The fraction of sp³-hybridized carbons (Fsp3) is 0.833. The molecule has 4 nitrogen and oxygen atoms in total. The van der Waals surface area contributed by atoms with Gasteiger partial charge in [0.25, 0.3) is 0 Å². The van der Waals surface area contributed by atoms with Crippen molar-refractivity contribution in [1.29, 1.82) is 0 Å². The number of hydrogen-bond acceptors (Lipinski definition) is 4. The molecule has 0 aliphatic carbocycles. The Morgan fingerprint density at radius 3 is 2.91 bits per heavy atom. The Labute approximate surface area is 70.7 Å². The van der Waals surface area contributed by atoms with Gasteiger partial charge in [-0.3, -0.25) is 4.79 Å². The Morgan fingerprint density at radius 1 is 1.82 bits per heavy atom. The van der Waals surface area contributed by atoms with Crippen LogP contribution in [-0.2, 0) is 4.79 Å². The third-order valence-electron chi connectivity index (χ3n) is 1.13. The highest BCUT2D eigenvalue weighted by Crippen LogP contribution is 1.92. The summed E-state index contributed by atoms with van der Waals surface area (Å²) in [5.41, 5.74) is 5.28. The molecule has 11 heavy (non-hydrogen) atoms.